The Balaban J connectivity index is 2.96. The van der Waals surface area contributed by atoms with Gasteiger partial charge in [0, 0.05) is 6.04 Å². The summed E-state index contributed by atoms with van der Waals surface area (Å²) < 4.78 is 11.9. The van der Waals surface area contributed by atoms with Crippen LogP contribution in [0.4, 0.5) is 9.18 Å². The molecule has 0 aliphatic rings. The minimum Gasteiger partial charge on any atom is -0.336 e. The fourth-order valence-corrected chi connectivity index (χ4v) is 2.18. The van der Waals surface area contributed by atoms with Gasteiger partial charge in [0.25, 0.3) is 0 Å². The van der Waals surface area contributed by atoms with Gasteiger partial charge in [-0.15, -0.1) is 0 Å². The Morgan fingerprint density at radius 2 is 1.95 bits per heavy atom. The van der Waals surface area contributed by atoms with E-state index >= 15 is 0 Å². The van der Waals surface area contributed by atoms with Crippen LogP contribution in [0.3, 0.4) is 0 Å². The number of amides is 2. The van der Waals surface area contributed by atoms with Crippen LogP contribution in [-0.2, 0) is 0 Å². The van der Waals surface area contributed by atoms with Crippen LogP contribution in [0.25, 0.3) is 0 Å². The van der Waals surface area contributed by atoms with Crippen molar-refractivity contribution in [2.75, 3.05) is 0 Å². The van der Waals surface area contributed by atoms with E-state index < -0.39 is 21.7 Å². The zero-order valence-corrected chi connectivity index (χ0v) is 14.3. The van der Waals surface area contributed by atoms with Crippen LogP contribution in [0, 0.1) is 12.7 Å². The third-order valence-electron chi connectivity index (χ3n) is 3.12. The maximum atomic E-state index is 13.7. The first-order chi connectivity index (χ1) is 9.65. The Labute approximate surface area is 139 Å². The molecule has 2 N–H and O–H groups in total. The zero-order chi connectivity index (χ0) is 16.2. The molecule has 2 atom stereocenters. The highest BCUT2D eigenvalue weighted by atomic mass is 35.6. The number of halogens is 4. The van der Waals surface area contributed by atoms with Crippen molar-refractivity contribution in [1.29, 1.82) is 0 Å². The van der Waals surface area contributed by atoms with Crippen molar-refractivity contribution in [2.24, 2.45) is 0 Å². The Kier molecular flexibility index (Phi) is 6.57. The maximum absolute atomic E-state index is 13.7. The number of carbonyl (C=O) groups is 1. The third kappa shape index (κ3) is 5.53. The maximum Gasteiger partial charge on any atom is 0.315 e. The molecule has 0 saturated carbocycles. The molecule has 7 heteroatoms. The molecule has 21 heavy (non-hydrogen) atoms. The van der Waals surface area contributed by atoms with E-state index in [1.165, 1.54) is 6.07 Å². The van der Waals surface area contributed by atoms with Crippen molar-refractivity contribution in [2.45, 2.75) is 43.1 Å². The second-order valence-corrected chi connectivity index (χ2v) is 7.28. The van der Waals surface area contributed by atoms with Crippen LogP contribution in [0.15, 0.2) is 18.2 Å². The van der Waals surface area contributed by atoms with E-state index in [1.807, 2.05) is 13.8 Å². The highest BCUT2D eigenvalue weighted by Crippen LogP contribution is 2.40. The number of rotatable bonds is 4. The van der Waals surface area contributed by atoms with Gasteiger partial charge in [-0.3, -0.25) is 0 Å². The zero-order valence-electron chi connectivity index (χ0n) is 12.0. The van der Waals surface area contributed by atoms with Gasteiger partial charge in [0.1, 0.15) is 11.9 Å². The fourth-order valence-electron chi connectivity index (χ4n) is 1.64. The van der Waals surface area contributed by atoms with Crippen LogP contribution >= 0.6 is 34.8 Å². The first-order valence-corrected chi connectivity index (χ1v) is 7.68. The van der Waals surface area contributed by atoms with E-state index in [0.717, 1.165) is 6.42 Å². The SMILES string of the molecule is CC[C@H](C)NC(=O)N[C@@H](c1ccc(C)c(F)c1)C(Cl)(Cl)Cl. The Bertz CT molecular complexity index is 505. The lowest BCUT2D eigenvalue weighted by Gasteiger charge is -2.27. The number of hydrogen-bond acceptors (Lipinski definition) is 1. The molecule has 0 bridgehead atoms. The molecule has 0 aliphatic heterocycles. The Morgan fingerprint density at radius 3 is 2.43 bits per heavy atom. The van der Waals surface area contributed by atoms with Gasteiger partial charge in [0.2, 0.25) is 3.79 Å². The van der Waals surface area contributed by atoms with E-state index in [0.29, 0.717) is 11.1 Å². The molecule has 2 amide bonds. The minimum atomic E-state index is -1.80. The Morgan fingerprint density at radius 1 is 1.33 bits per heavy atom. The lowest BCUT2D eigenvalue weighted by molar-refractivity contribution is 0.233. The van der Waals surface area contributed by atoms with E-state index in [1.54, 1.807) is 19.1 Å². The molecule has 118 valence electrons. The smallest absolute Gasteiger partial charge is 0.315 e. The lowest BCUT2D eigenvalue weighted by atomic mass is 10.1. The number of nitrogens with one attached hydrogen (secondary N) is 2. The molecule has 0 aliphatic carbocycles. The Hall–Kier alpha value is -0.710. The predicted octanol–water partition coefficient (Wildman–Crippen LogP) is 4.64. The van der Waals surface area contributed by atoms with Gasteiger partial charge in [-0.1, -0.05) is 53.9 Å². The van der Waals surface area contributed by atoms with Crippen molar-refractivity contribution in [3.8, 4) is 0 Å². The highest BCUT2D eigenvalue weighted by Gasteiger charge is 2.35. The lowest BCUT2D eigenvalue weighted by Crippen LogP contribution is -2.45. The van der Waals surface area contributed by atoms with Gasteiger partial charge >= 0.3 is 6.03 Å². The van der Waals surface area contributed by atoms with Crippen molar-refractivity contribution in [3.05, 3.63) is 35.1 Å². The number of urea groups is 1. The predicted molar refractivity (Wildman–Crippen MR) is 85.6 cm³/mol. The molecule has 0 unspecified atom stereocenters. The summed E-state index contributed by atoms with van der Waals surface area (Å²) in [7, 11) is 0. The number of benzene rings is 1. The first kappa shape index (κ1) is 18.3. The van der Waals surface area contributed by atoms with E-state index in [4.69, 9.17) is 34.8 Å². The van der Waals surface area contributed by atoms with E-state index in [2.05, 4.69) is 10.6 Å². The first-order valence-electron chi connectivity index (χ1n) is 6.55. The number of hydrogen-bond donors (Lipinski definition) is 2. The summed E-state index contributed by atoms with van der Waals surface area (Å²) in [5.74, 6) is -0.420. The monoisotopic (exact) mass is 354 g/mol. The number of aryl methyl sites for hydroxylation is 1. The molecule has 1 rings (SSSR count). The molecule has 0 radical (unpaired) electrons. The van der Waals surface area contributed by atoms with Gasteiger partial charge < -0.3 is 10.6 Å². The molecular formula is C14H18Cl3FN2O. The largest absolute Gasteiger partial charge is 0.336 e. The number of alkyl halides is 3. The molecule has 0 aromatic heterocycles. The van der Waals surface area contributed by atoms with Gasteiger partial charge in [-0.25, -0.2) is 9.18 Å². The molecule has 3 nitrogen and oxygen atoms in total. The molecule has 0 fully saturated rings. The van der Waals surface area contributed by atoms with E-state index in [9.17, 15) is 9.18 Å². The molecular weight excluding hydrogens is 338 g/mol. The quantitative estimate of drug-likeness (QED) is 0.759. The van der Waals surface area contributed by atoms with Crippen LogP contribution in [0.1, 0.15) is 37.4 Å². The van der Waals surface area contributed by atoms with Gasteiger partial charge in [-0.2, -0.15) is 0 Å². The molecule has 1 aromatic carbocycles. The molecule has 0 heterocycles. The van der Waals surface area contributed by atoms with Gasteiger partial charge in [0.05, 0.1) is 0 Å². The summed E-state index contributed by atoms with van der Waals surface area (Å²) in [6.07, 6.45) is 0.769. The van der Waals surface area contributed by atoms with Crippen molar-refractivity contribution in [1.82, 2.24) is 10.6 Å². The average molecular weight is 356 g/mol. The number of carbonyl (C=O) groups excluding carboxylic acids is 1. The summed E-state index contributed by atoms with van der Waals surface area (Å²) in [6, 6.07) is 3.00. The molecule has 1 aromatic rings. The summed E-state index contributed by atoms with van der Waals surface area (Å²) >= 11 is 17.7. The van der Waals surface area contributed by atoms with Crippen molar-refractivity contribution in [3.63, 3.8) is 0 Å². The second kappa shape index (κ2) is 7.52. The van der Waals surface area contributed by atoms with Crippen molar-refractivity contribution >= 4 is 40.8 Å². The van der Waals surface area contributed by atoms with Crippen LogP contribution in [0.5, 0.6) is 0 Å². The average Bonchev–Trinajstić information content (AvgIpc) is 2.38. The summed E-state index contributed by atoms with van der Waals surface area (Å²) in [6.45, 7) is 5.43. The fraction of sp³-hybridized carbons (Fsp3) is 0.500. The minimum absolute atomic E-state index is 0.0178. The second-order valence-electron chi connectivity index (χ2n) is 4.91. The normalized spacial score (nSPS) is 14.4. The topological polar surface area (TPSA) is 41.1 Å². The van der Waals surface area contributed by atoms with Crippen LogP contribution in [-0.4, -0.2) is 15.9 Å². The highest BCUT2D eigenvalue weighted by molar-refractivity contribution is 6.68. The standard InChI is InChI=1S/C14H18Cl3FN2O/c1-4-9(3)19-13(21)20-12(14(15,16)17)10-6-5-8(2)11(18)7-10/h5-7,9,12H,4H2,1-3H3,(H2,19,20,21)/t9-,12-/m0/s1. The van der Waals surface area contributed by atoms with E-state index in [-0.39, 0.29) is 6.04 Å². The summed E-state index contributed by atoms with van der Waals surface area (Å²) in [4.78, 5) is 11.9. The molecule has 0 saturated heterocycles. The summed E-state index contributed by atoms with van der Waals surface area (Å²) in [5.41, 5.74) is 0.864. The van der Waals surface area contributed by atoms with Crippen LogP contribution in [0.2, 0.25) is 0 Å². The van der Waals surface area contributed by atoms with Gasteiger partial charge in [0.15, 0.2) is 0 Å². The third-order valence-corrected chi connectivity index (χ3v) is 3.78. The molecule has 0 spiro atoms. The summed E-state index contributed by atoms with van der Waals surface area (Å²) in [5, 5.41) is 5.28. The van der Waals surface area contributed by atoms with Gasteiger partial charge in [-0.05, 0) is 37.5 Å². The van der Waals surface area contributed by atoms with Crippen molar-refractivity contribution < 1.29 is 9.18 Å². The van der Waals surface area contributed by atoms with Crippen LogP contribution < -0.4 is 10.6 Å².